The van der Waals surface area contributed by atoms with Gasteiger partial charge in [0.05, 0.1) is 30.6 Å². The van der Waals surface area contributed by atoms with Crippen molar-refractivity contribution < 1.29 is 14.3 Å². The molecule has 1 aromatic carbocycles. The molecule has 1 N–H and O–H groups in total. The van der Waals surface area contributed by atoms with Crippen LogP contribution < -0.4 is 5.32 Å². The van der Waals surface area contributed by atoms with Crippen LogP contribution in [-0.2, 0) is 14.3 Å². The molecule has 0 spiro atoms. The number of rotatable bonds is 2. The van der Waals surface area contributed by atoms with E-state index >= 15 is 0 Å². The van der Waals surface area contributed by atoms with Crippen molar-refractivity contribution in [1.82, 2.24) is 10.2 Å². The van der Waals surface area contributed by atoms with Gasteiger partial charge in [-0.2, -0.15) is 0 Å². The Morgan fingerprint density at radius 2 is 1.74 bits per heavy atom. The second-order valence-electron chi connectivity index (χ2n) is 11.3. The number of piperidine rings is 1. The molecule has 5 rings (SSSR count). The number of Topliss-reactive ketones (excluding diaryl/α,β-unsaturated/α-hetero) is 1. The van der Waals surface area contributed by atoms with E-state index in [0.29, 0.717) is 12.8 Å². The molecule has 2 saturated heterocycles. The summed E-state index contributed by atoms with van der Waals surface area (Å²) < 4.78 is 12.7. The minimum absolute atomic E-state index is 0.0640. The van der Waals surface area contributed by atoms with Crippen molar-refractivity contribution in [1.29, 1.82) is 0 Å². The minimum atomic E-state index is -0.0794. The third-order valence-corrected chi connectivity index (χ3v) is 7.67. The second kappa shape index (κ2) is 7.72. The highest BCUT2D eigenvalue weighted by molar-refractivity contribution is 6.22. The number of carbonyl (C=O) groups is 1. The predicted molar refractivity (Wildman–Crippen MR) is 121 cm³/mol. The number of hydrogen-bond acceptors (Lipinski definition) is 5. The molecule has 3 heterocycles. The number of hydrogen-bond donors (Lipinski definition) is 1. The highest BCUT2D eigenvalue weighted by Gasteiger charge is 2.50. The van der Waals surface area contributed by atoms with Gasteiger partial charge in [0.2, 0.25) is 0 Å². The average Bonchev–Trinajstić information content (AvgIpc) is 2.72. The van der Waals surface area contributed by atoms with Gasteiger partial charge in [-0.3, -0.25) is 9.69 Å². The van der Waals surface area contributed by atoms with Crippen molar-refractivity contribution in [2.24, 2.45) is 11.8 Å². The van der Waals surface area contributed by atoms with E-state index in [0.717, 1.165) is 43.4 Å². The van der Waals surface area contributed by atoms with Crippen LogP contribution in [0.5, 0.6) is 0 Å². The minimum Gasteiger partial charge on any atom is -0.496 e. The maximum absolute atomic E-state index is 13.4. The lowest BCUT2D eigenvalue weighted by Crippen LogP contribution is -2.65. The van der Waals surface area contributed by atoms with Crippen LogP contribution >= 0.6 is 0 Å². The average molecular weight is 425 g/mol. The maximum Gasteiger partial charge on any atom is 0.173 e. The Balaban J connectivity index is 1.35. The van der Waals surface area contributed by atoms with Crippen molar-refractivity contribution in [2.45, 2.75) is 82.7 Å². The fourth-order valence-electron chi connectivity index (χ4n) is 6.67. The summed E-state index contributed by atoms with van der Waals surface area (Å²) >= 11 is 0. The quantitative estimate of drug-likeness (QED) is 0.778. The van der Waals surface area contributed by atoms with Gasteiger partial charge in [0.1, 0.15) is 6.10 Å². The van der Waals surface area contributed by atoms with Gasteiger partial charge in [0.15, 0.2) is 5.78 Å². The van der Waals surface area contributed by atoms with E-state index in [4.69, 9.17) is 9.47 Å². The maximum atomic E-state index is 13.4. The topological polar surface area (TPSA) is 50.8 Å². The lowest BCUT2D eigenvalue weighted by Gasteiger charge is -2.54. The zero-order valence-corrected chi connectivity index (χ0v) is 19.3. The Labute approximate surface area is 186 Å². The lowest BCUT2D eigenvalue weighted by atomic mass is 9.71. The molecular formula is C26H36N2O3. The first-order valence-electron chi connectivity index (χ1n) is 11.8. The first-order chi connectivity index (χ1) is 14.7. The number of allylic oxidation sites excluding steroid dienone is 1. The van der Waals surface area contributed by atoms with Crippen molar-refractivity contribution in [3.8, 4) is 0 Å². The van der Waals surface area contributed by atoms with E-state index in [1.54, 1.807) is 6.26 Å². The van der Waals surface area contributed by atoms with Crippen molar-refractivity contribution >= 4 is 11.4 Å². The number of benzene rings is 1. The SMILES string of the molecule is CC1(C)CC(N2COC3CCC4C(=O)C(c5ccccc5)=COC4C3C2)CC(C)(C)N1. The summed E-state index contributed by atoms with van der Waals surface area (Å²) in [7, 11) is 0. The van der Waals surface area contributed by atoms with Crippen molar-refractivity contribution in [3.05, 3.63) is 42.2 Å². The van der Waals surface area contributed by atoms with E-state index in [2.05, 4.69) is 37.9 Å². The van der Waals surface area contributed by atoms with Crippen LogP contribution in [0, 0.1) is 11.8 Å². The van der Waals surface area contributed by atoms with Crippen molar-refractivity contribution in [2.75, 3.05) is 13.3 Å². The fraction of sp³-hybridized carbons (Fsp3) is 0.654. The Morgan fingerprint density at radius 3 is 2.45 bits per heavy atom. The number of nitrogens with one attached hydrogen (secondary N) is 1. The Kier molecular flexibility index (Phi) is 5.27. The molecule has 3 fully saturated rings. The van der Waals surface area contributed by atoms with E-state index in [1.165, 1.54) is 0 Å². The summed E-state index contributed by atoms with van der Waals surface area (Å²) in [5, 5.41) is 3.78. The van der Waals surface area contributed by atoms with Gasteiger partial charge in [0.25, 0.3) is 0 Å². The summed E-state index contributed by atoms with van der Waals surface area (Å²) in [4.78, 5) is 15.9. The molecule has 4 unspecified atom stereocenters. The highest BCUT2D eigenvalue weighted by atomic mass is 16.5. The van der Waals surface area contributed by atoms with Crippen LogP contribution in [0.4, 0.5) is 0 Å². The standard InChI is InChI=1S/C26H36N2O3/c1-25(2)12-18(13-26(3,4)27-25)28-14-20-22(31-16-28)11-10-19-23(29)21(15-30-24(19)20)17-8-6-5-7-9-17/h5-9,15,18-20,22,24,27H,10-14,16H2,1-4H3. The molecule has 31 heavy (non-hydrogen) atoms. The molecule has 5 heteroatoms. The third kappa shape index (κ3) is 4.08. The monoisotopic (exact) mass is 424 g/mol. The van der Waals surface area contributed by atoms with Gasteiger partial charge in [-0.15, -0.1) is 0 Å². The lowest BCUT2D eigenvalue weighted by molar-refractivity contribution is -0.181. The molecule has 0 radical (unpaired) electrons. The fourth-order valence-corrected chi connectivity index (χ4v) is 6.67. The van der Waals surface area contributed by atoms with Gasteiger partial charge in [0, 0.05) is 29.6 Å². The van der Waals surface area contributed by atoms with Gasteiger partial charge in [-0.05, 0) is 58.9 Å². The Hall–Kier alpha value is -1.69. The zero-order valence-electron chi connectivity index (χ0n) is 19.3. The summed E-state index contributed by atoms with van der Waals surface area (Å²) in [5.41, 5.74) is 1.87. The molecule has 5 nitrogen and oxygen atoms in total. The molecule has 0 amide bonds. The van der Waals surface area contributed by atoms with Gasteiger partial charge >= 0.3 is 0 Å². The molecule has 0 bridgehead atoms. The summed E-state index contributed by atoms with van der Waals surface area (Å²) in [6.45, 7) is 10.8. The number of ketones is 1. The molecule has 4 aliphatic rings. The summed E-state index contributed by atoms with van der Waals surface area (Å²) in [6.07, 6.45) is 5.83. The summed E-state index contributed by atoms with van der Waals surface area (Å²) in [6, 6.07) is 10.4. The van der Waals surface area contributed by atoms with Crippen LogP contribution in [0.1, 0.15) is 58.9 Å². The predicted octanol–water partition coefficient (Wildman–Crippen LogP) is 3.99. The van der Waals surface area contributed by atoms with Gasteiger partial charge in [-0.25, -0.2) is 0 Å². The van der Waals surface area contributed by atoms with Gasteiger partial charge < -0.3 is 14.8 Å². The van der Waals surface area contributed by atoms with Crippen LogP contribution in [-0.4, -0.2) is 53.3 Å². The molecule has 1 aromatic rings. The third-order valence-electron chi connectivity index (χ3n) is 7.67. The first kappa shape index (κ1) is 21.2. The molecule has 1 saturated carbocycles. The van der Waals surface area contributed by atoms with Crippen LogP contribution in [0.25, 0.3) is 5.57 Å². The van der Waals surface area contributed by atoms with E-state index in [1.807, 2.05) is 30.3 Å². The highest BCUT2D eigenvalue weighted by Crippen LogP contribution is 2.43. The van der Waals surface area contributed by atoms with E-state index in [-0.39, 0.29) is 40.9 Å². The molecular weight excluding hydrogens is 388 g/mol. The van der Waals surface area contributed by atoms with E-state index < -0.39 is 0 Å². The van der Waals surface area contributed by atoms with Crippen molar-refractivity contribution in [3.63, 3.8) is 0 Å². The van der Waals surface area contributed by atoms with Crippen LogP contribution in [0.3, 0.4) is 0 Å². The number of nitrogens with zero attached hydrogens (tertiary/aromatic N) is 1. The Morgan fingerprint density at radius 1 is 1.03 bits per heavy atom. The van der Waals surface area contributed by atoms with E-state index in [9.17, 15) is 4.79 Å². The zero-order chi connectivity index (χ0) is 21.8. The second-order valence-corrected chi connectivity index (χ2v) is 11.3. The number of carbonyl (C=O) groups excluding carboxylic acids is 1. The Bertz CT molecular complexity index is 847. The molecule has 1 aliphatic carbocycles. The molecule has 4 atom stereocenters. The summed E-state index contributed by atoms with van der Waals surface area (Å²) in [5.74, 6) is 0.416. The number of ether oxygens (including phenoxy) is 2. The largest absolute Gasteiger partial charge is 0.496 e. The molecule has 3 aliphatic heterocycles. The van der Waals surface area contributed by atoms with Crippen LogP contribution in [0.15, 0.2) is 36.6 Å². The molecule has 0 aromatic heterocycles. The molecule has 168 valence electrons. The number of fused-ring (bicyclic) bond motifs is 3. The van der Waals surface area contributed by atoms with Crippen LogP contribution in [0.2, 0.25) is 0 Å². The smallest absolute Gasteiger partial charge is 0.173 e. The van der Waals surface area contributed by atoms with Gasteiger partial charge in [-0.1, -0.05) is 30.3 Å². The first-order valence-corrected chi connectivity index (χ1v) is 11.8. The normalized spacial score (nSPS) is 35.5.